The summed E-state index contributed by atoms with van der Waals surface area (Å²) in [7, 11) is 0. The molecule has 6 nitrogen and oxygen atoms in total. The maximum absolute atomic E-state index is 12.4. The van der Waals surface area contributed by atoms with Gasteiger partial charge in [0, 0.05) is 13.1 Å². The minimum Gasteiger partial charge on any atom is -0.456 e. The third-order valence-corrected chi connectivity index (χ3v) is 3.55. The number of aromatic nitrogens is 2. The van der Waals surface area contributed by atoms with Crippen LogP contribution in [0.2, 0.25) is 0 Å². The van der Waals surface area contributed by atoms with Crippen LogP contribution in [-0.4, -0.2) is 34.0 Å². The zero-order valence-corrected chi connectivity index (χ0v) is 11.6. The van der Waals surface area contributed by atoms with E-state index in [9.17, 15) is 4.79 Å². The molecule has 0 N–H and O–H groups in total. The van der Waals surface area contributed by atoms with Crippen molar-refractivity contribution in [2.75, 3.05) is 13.1 Å². The molecule has 0 aliphatic carbocycles. The minimum atomic E-state index is -0.0703. The van der Waals surface area contributed by atoms with Crippen molar-refractivity contribution in [1.29, 1.82) is 0 Å². The Bertz CT molecular complexity index is 617. The van der Waals surface area contributed by atoms with Gasteiger partial charge in [0.1, 0.15) is 5.76 Å². The van der Waals surface area contributed by atoms with Gasteiger partial charge >= 0.3 is 0 Å². The number of piperidine rings is 1. The Hall–Kier alpha value is -2.11. The second-order valence-electron chi connectivity index (χ2n) is 5.18. The van der Waals surface area contributed by atoms with Crippen LogP contribution < -0.4 is 0 Å². The summed E-state index contributed by atoms with van der Waals surface area (Å²) < 4.78 is 10.6. The van der Waals surface area contributed by atoms with Crippen molar-refractivity contribution >= 4 is 5.91 Å². The highest BCUT2D eigenvalue weighted by Crippen LogP contribution is 2.26. The molecule has 1 aliphatic heterocycles. The molecule has 1 fully saturated rings. The first-order valence-electron chi connectivity index (χ1n) is 6.79. The number of rotatable bonds is 2. The highest BCUT2D eigenvalue weighted by atomic mass is 16.5. The lowest BCUT2D eigenvalue weighted by Crippen LogP contribution is -2.39. The number of nitrogens with zero attached hydrogens (tertiary/aromatic N) is 3. The Balaban J connectivity index is 1.73. The van der Waals surface area contributed by atoms with Gasteiger partial charge in [-0.1, -0.05) is 5.16 Å². The van der Waals surface area contributed by atoms with E-state index in [0.29, 0.717) is 24.0 Å². The molecule has 2 aromatic rings. The molecule has 1 saturated heterocycles. The molecule has 0 aromatic carbocycles. The lowest BCUT2D eigenvalue weighted by molar-refractivity contribution is 0.0662. The van der Waals surface area contributed by atoms with E-state index in [-0.39, 0.29) is 11.8 Å². The Kier molecular flexibility index (Phi) is 3.30. The number of furan rings is 1. The number of likely N-dealkylation sites (tertiary alicyclic amines) is 1. The molecule has 0 bridgehead atoms. The number of hydrogen-bond donors (Lipinski definition) is 0. The van der Waals surface area contributed by atoms with E-state index in [0.717, 1.165) is 25.1 Å². The SMILES string of the molecule is Cc1noc(C2CCCN(C(=O)c3ccc(C)o3)C2)n1. The third-order valence-electron chi connectivity index (χ3n) is 3.55. The first-order chi connectivity index (χ1) is 9.63. The van der Waals surface area contributed by atoms with Crippen LogP contribution in [0.25, 0.3) is 0 Å². The molecule has 1 unspecified atom stereocenters. The van der Waals surface area contributed by atoms with E-state index in [1.54, 1.807) is 24.0 Å². The van der Waals surface area contributed by atoms with Gasteiger partial charge in [-0.2, -0.15) is 4.98 Å². The lowest BCUT2D eigenvalue weighted by atomic mass is 9.98. The van der Waals surface area contributed by atoms with Gasteiger partial charge in [-0.05, 0) is 38.8 Å². The molecule has 0 saturated carbocycles. The molecule has 1 atom stereocenters. The summed E-state index contributed by atoms with van der Waals surface area (Å²) in [5.41, 5.74) is 0. The molecule has 2 aromatic heterocycles. The van der Waals surface area contributed by atoms with Gasteiger partial charge in [0.25, 0.3) is 5.91 Å². The molecule has 1 amide bonds. The van der Waals surface area contributed by atoms with Gasteiger partial charge in [0.15, 0.2) is 11.6 Å². The summed E-state index contributed by atoms with van der Waals surface area (Å²) in [5.74, 6) is 2.43. The average molecular weight is 275 g/mol. The van der Waals surface area contributed by atoms with Crippen molar-refractivity contribution in [1.82, 2.24) is 15.0 Å². The molecule has 106 valence electrons. The van der Waals surface area contributed by atoms with E-state index < -0.39 is 0 Å². The average Bonchev–Trinajstić information content (AvgIpc) is 3.07. The van der Waals surface area contributed by atoms with Crippen LogP contribution in [-0.2, 0) is 0 Å². The third kappa shape index (κ3) is 2.45. The van der Waals surface area contributed by atoms with Crippen LogP contribution in [0.5, 0.6) is 0 Å². The van der Waals surface area contributed by atoms with Crippen LogP contribution in [0.4, 0.5) is 0 Å². The highest BCUT2D eigenvalue weighted by molar-refractivity contribution is 5.91. The maximum atomic E-state index is 12.4. The molecule has 1 aliphatic rings. The summed E-state index contributed by atoms with van der Waals surface area (Å²) in [6, 6.07) is 3.52. The fraction of sp³-hybridized carbons (Fsp3) is 0.500. The summed E-state index contributed by atoms with van der Waals surface area (Å²) >= 11 is 0. The van der Waals surface area contributed by atoms with Gasteiger partial charge in [-0.3, -0.25) is 4.79 Å². The monoisotopic (exact) mass is 275 g/mol. The van der Waals surface area contributed by atoms with Gasteiger partial charge in [0.05, 0.1) is 5.92 Å². The number of carbonyl (C=O) groups is 1. The quantitative estimate of drug-likeness (QED) is 0.840. The Morgan fingerprint density at radius 1 is 1.40 bits per heavy atom. The topological polar surface area (TPSA) is 72.4 Å². The lowest BCUT2D eigenvalue weighted by Gasteiger charge is -2.30. The highest BCUT2D eigenvalue weighted by Gasteiger charge is 2.29. The van der Waals surface area contributed by atoms with Crippen molar-refractivity contribution in [3.63, 3.8) is 0 Å². The second kappa shape index (κ2) is 5.11. The van der Waals surface area contributed by atoms with Crippen molar-refractivity contribution < 1.29 is 13.7 Å². The molecular weight excluding hydrogens is 258 g/mol. The molecule has 3 heterocycles. The smallest absolute Gasteiger partial charge is 0.289 e. The summed E-state index contributed by atoms with van der Waals surface area (Å²) in [6.45, 7) is 4.96. The predicted molar refractivity (Wildman–Crippen MR) is 70.4 cm³/mol. The first kappa shape index (κ1) is 12.9. The number of amides is 1. The Morgan fingerprint density at radius 2 is 2.25 bits per heavy atom. The van der Waals surface area contributed by atoms with E-state index in [4.69, 9.17) is 8.94 Å². The molecule has 0 spiro atoms. The molecule has 3 rings (SSSR count). The van der Waals surface area contributed by atoms with Gasteiger partial charge in [-0.15, -0.1) is 0 Å². The summed E-state index contributed by atoms with van der Waals surface area (Å²) in [5, 5.41) is 3.82. The largest absolute Gasteiger partial charge is 0.456 e. The fourth-order valence-corrected chi connectivity index (χ4v) is 2.55. The van der Waals surface area contributed by atoms with Crippen molar-refractivity contribution in [2.24, 2.45) is 0 Å². The van der Waals surface area contributed by atoms with E-state index in [1.165, 1.54) is 0 Å². The van der Waals surface area contributed by atoms with Crippen molar-refractivity contribution in [2.45, 2.75) is 32.6 Å². The van der Waals surface area contributed by atoms with E-state index in [2.05, 4.69) is 10.1 Å². The summed E-state index contributed by atoms with van der Waals surface area (Å²) in [6.07, 6.45) is 1.89. The van der Waals surface area contributed by atoms with E-state index >= 15 is 0 Å². The first-order valence-corrected chi connectivity index (χ1v) is 6.79. The van der Waals surface area contributed by atoms with Crippen LogP contribution in [0.15, 0.2) is 21.1 Å². The van der Waals surface area contributed by atoms with E-state index in [1.807, 2.05) is 6.92 Å². The predicted octanol–water partition coefficient (Wildman–Crippen LogP) is 2.30. The fourth-order valence-electron chi connectivity index (χ4n) is 2.55. The van der Waals surface area contributed by atoms with Gasteiger partial charge < -0.3 is 13.8 Å². The van der Waals surface area contributed by atoms with Crippen LogP contribution in [0.1, 0.15) is 46.8 Å². The minimum absolute atomic E-state index is 0.0703. The van der Waals surface area contributed by atoms with Crippen molar-refractivity contribution in [3.8, 4) is 0 Å². The number of carbonyl (C=O) groups excluding carboxylic acids is 1. The van der Waals surface area contributed by atoms with Gasteiger partial charge in [-0.25, -0.2) is 0 Å². The molecular formula is C14H17N3O3. The Labute approximate surface area is 116 Å². The molecule has 0 radical (unpaired) electrons. The summed E-state index contributed by atoms with van der Waals surface area (Å²) in [4.78, 5) is 18.4. The van der Waals surface area contributed by atoms with Crippen LogP contribution >= 0.6 is 0 Å². The number of hydrogen-bond acceptors (Lipinski definition) is 5. The van der Waals surface area contributed by atoms with Crippen molar-refractivity contribution in [3.05, 3.63) is 35.4 Å². The molecule has 6 heteroatoms. The van der Waals surface area contributed by atoms with Crippen LogP contribution in [0.3, 0.4) is 0 Å². The second-order valence-corrected chi connectivity index (χ2v) is 5.18. The number of aryl methyl sites for hydroxylation is 2. The van der Waals surface area contributed by atoms with Gasteiger partial charge in [0.2, 0.25) is 5.89 Å². The maximum Gasteiger partial charge on any atom is 0.289 e. The zero-order chi connectivity index (χ0) is 14.1. The normalized spacial score (nSPS) is 19.3. The molecule has 20 heavy (non-hydrogen) atoms. The zero-order valence-electron chi connectivity index (χ0n) is 11.6. The standard InChI is InChI=1S/C14H17N3O3/c1-9-5-6-12(19-9)14(18)17-7-3-4-11(8-17)13-15-10(2)16-20-13/h5-6,11H,3-4,7-8H2,1-2H3. The van der Waals surface area contributed by atoms with Crippen LogP contribution in [0, 0.1) is 13.8 Å². The Morgan fingerprint density at radius 3 is 2.90 bits per heavy atom.